The lowest BCUT2D eigenvalue weighted by atomic mass is 10.2. The predicted molar refractivity (Wildman–Crippen MR) is 83.8 cm³/mol. The molecule has 21 heavy (non-hydrogen) atoms. The number of ether oxygens (including phenoxy) is 4. The molecule has 1 rings (SSSR count). The van der Waals surface area contributed by atoms with E-state index in [0.717, 1.165) is 10.0 Å². The van der Waals surface area contributed by atoms with Crippen molar-refractivity contribution in [3.8, 4) is 11.5 Å². The van der Waals surface area contributed by atoms with Gasteiger partial charge in [-0.15, -0.1) is 0 Å². The summed E-state index contributed by atoms with van der Waals surface area (Å²) in [6.07, 6.45) is -0.418. The lowest BCUT2D eigenvalue weighted by Crippen LogP contribution is -2.25. The van der Waals surface area contributed by atoms with Gasteiger partial charge < -0.3 is 24.1 Å². The highest BCUT2D eigenvalue weighted by molar-refractivity contribution is 9.10. The molecular weight excluding hydrogens is 340 g/mol. The fourth-order valence-corrected chi connectivity index (χ4v) is 2.39. The lowest BCUT2D eigenvalue weighted by Gasteiger charge is -2.20. The molecule has 0 aromatic heterocycles. The van der Waals surface area contributed by atoms with Crippen molar-refractivity contribution in [2.24, 2.45) is 0 Å². The first-order valence-electron chi connectivity index (χ1n) is 7.08. The second-order valence-electron chi connectivity index (χ2n) is 4.15. The highest BCUT2D eigenvalue weighted by atomic mass is 79.9. The van der Waals surface area contributed by atoms with E-state index in [1.165, 1.54) is 0 Å². The summed E-state index contributed by atoms with van der Waals surface area (Å²) < 4.78 is 23.0. The molecule has 0 heterocycles. The Hall–Kier alpha value is -0.820. The molecule has 1 N–H and O–H groups in total. The van der Waals surface area contributed by atoms with Crippen LogP contribution in [-0.4, -0.2) is 37.8 Å². The summed E-state index contributed by atoms with van der Waals surface area (Å²) in [7, 11) is 0. The summed E-state index contributed by atoms with van der Waals surface area (Å²) in [5.74, 6) is 1.17. The van der Waals surface area contributed by atoms with Gasteiger partial charge in [-0.05, 0) is 54.4 Å². The standard InChI is InChI=1S/C15H23BrO5/c1-4-18-13-8-11(9-17)7-12(16)15(13)21-10-14(19-5-2)20-6-3/h7-8,14,17H,4-6,9-10H2,1-3H3. The van der Waals surface area contributed by atoms with Gasteiger partial charge in [0, 0.05) is 13.2 Å². The third-order valence-electron chi connectivity index (χ3n) is 2.62. The van der Waals surface area contributed by atoms with Crippen molar-refractivity contribution in [2.75, 3.05) is 26.4 Å². The Balaban J connectivity index is 2.84. The average Bonchev–Trinajstić information content (AvgIpc) is 2.46. The highest BCUT2D eigenvalue weighted by Gasteiger charge is 2.15. The first-order valence-corrected chi connectivity index (χ1v) is 7.87. The molecule has 6 heteroatoms. The first kappa shape index (κ1) is 18.2. The highest BCUT2D eigenvalue weighted by Crippen LogP contribution is 2.37. The van der Waals surface area contributed by atoms with E-state index in [2.05, 4.69) is 15.9 Å². The summed E-state index contributed by atoms with van der Waals surface area (Å²) in [6, 6.07) is 3.56. The Morgan fingerprint density at radius 2 is 1.71 bits per heavy atom. The summed E-state index contributed by atoms with van der Waals surface area (Å²) in [5, 5.41) is 9.25. The monoisotopic (exact) mass is 362 g/mol. The van der Waals surface area contributed by atoms with Crippen molar-refractivity contribution >= 4 is 15.9 Å². The number of hydrogen-bond acceptors (Lipinski definition) is 5. The van der Waals surface area contributed by atoms with Crippen LogP contribution in [0.2, 0.25) is 0 Å². The second-order valence-corrected chi connectivity index (χ2v) is 5.00. The second kappa shape index (κ2) is 10.00. The van der Waals surface area contributed by atoms with Crippen LogP contribution in [0, 0.1) is 0 Å². The zero-order valence-electron chi connectivity index (χ0n) is 12.7. The molecule has 0 unspecified atom stereocenters. The maximum atomic E-state index is 9.25. The SMILES string of the molecule is CCOc1cc(CO)cc(Br)c1OCC(OCC)OCC. The van der Waals surface area contributed by atoms with Crippen molar-refractivity contribution in [1.82, 2.24) is 0 Å². The Labute approximate surface area is 134 Å². The molecule has 0 aliphatic carbocycles. The molecule has 0 spiro atoms. The Morgan fingerprint density at radius 3 is 2.24 bits per heavy atom. The number of halogens is 1. The minimum Gasteiger partial charge on any atom is -0.490 e. The molecule has 0 fully saturated rings. The number of aliphatic hydroxyl groups excluding tert-OH is 1. The summed E-state index contributed by atoms with van der Waals surface area (Å²) >= 11 is 3.44. The number of rotatable bonds is 10. The minimum absolute atomic E-state index is 0.0561. The van der Waals surface area contributed by atoms with Crippen LogP contribution in [0.15, 0.2) is 16.6 Å². The topological polar surface area (TPSA) is 57.2 Å². The van der Waals surface area contributed by atoms with E-state index in [4.69, 9.17) is 18.9 Å². The van der Waals surface area contributed by atoms with Crippen LogP contribution in [0.4, 0.5) is 0 Å². The van der Waals surface area contributed by atoms with Gasteiger partial charge in [-0.3, -0.25) is 0 Å². The van der Waals surface area contributed by atoms with Gasteiger partial charge in [-0.1, -0.05) is 0 Å². The van der Waals surface area contributed by atoms with Gasteiger partial charge in [0.15, 0.2) is 17.8 Å². The molecule has 0 aliphatic rings. The Morgan fingerprint density at radius 1 is 1.05 bits per heavy atom. The maximum Gasteiger partial charge on any atom is 0.191 e. The van der Waals surface area contributed by atoms with E-state index in [-0.39, 0.29) is 13.2 Å². The molecular formula is C15H23BrO5. The summed E-state index contributed by atoms with van der Waals surface area (Å²) in [6.45, 7) is 7.53. The molecule has 0 saturated carbocycles. The van der Waals surface area contributed by atoms with Crippen molar-refractivity contribution in [1.29, 1.82) is 0 Å². The van der Waals surface area contributed by atoms with E-state index in [1.807, 2.05) is 20.8 Å². The summed E-state index contributed by atoms with van der Waals surface area (Å²) in [4.78, 5) is 0. The summed E-state index contributed by atoms with van der Waals surface area (Å²) in [5.41, 5.74) is 0.754. The molecule has 1 aromatic carbocycles. The molecule has 0 amide bonds. The van der Waals surface area contributed by atoms with Crippen LogP contribution in [0.25, 0.3) is 0 Å². The minimum atomic E-state index is -0.418. The van der Waals surface area contributed by atoms with Crippen LogP contribution < -0.4 is 9.47 Å². The van der Waals surface area contributed by atoms with Gasteiger partial charge in [0.1, 0.15) is 6.61 Å². The third kappa shape index (κ3) is 5.82. The van der Waals surface area contributed by atoms with Gasteiger partial charge in [-0.2, -0.15) is 0 Å². The van der Waals surface area contributed by atoms with Crippen LogP contribution in [0.1, 0.15) is 26.3 Å². The fourth-order valence-electron chi connectivity index (χ4n) is 1.78. The smallest absolute Gasteiger partial charge is 0.191 e. The Kier molecular flexibility index (Phi) is 8.68. The number of aliphatic hydroxyl groups is 1. The molecule has 1 aromatic rings. The largest absolute Gasteiger partial charge is 0.490 e. The predicted octanol–water partition coefficient (Wildman–Crippen LogP) is 3.12. The lowest BCUT2D eigenvalue weighted by molar-refractivity contribution is -0.152. The van der Waals surface area contributed by atoms with Crippen LogP contribution in [-0.2, 0) is 16.1 Å². The molecule has 0 aliphatic heterocycles. The van der Waals surface area contributed by atoms with Crippen molar-refractivity contribution in [3.63, 3.8) is 0 Å². The van der Waals surface area contributed by atoms with E-state index >= 15 is 0 Å². The van der Waals surface area contributed by atoms with Gasteiger partial charge >= 0.3 is 0 Å². The van der Waals surface area contributed by atoms with Crippen molar-refractivity contribution in [2.45, 2.75) is 33.7 Å². The molecule has 0 radical (unpaired) electrons. The van der Waals surface area contributed by atoms with Crippen molar-refractivity contribution in [3.05, 3.63) is 22.2 Å². The normalized spacial score (nSPS) is 11.0. The molecule has 0 bridgehead atoms. The van der Waals surface area contributed by atoms with Crippen molar-refractivity contribution < 1.29 is 24.1 Å². The zero-order chi connectivity index (χ0) is 15.7. The molecule has 0 atom stereocenters. The van der Waals surface area contributed by atoms with Crippen LogP contribution in [0.5, 0.6) is 11.5 Å². The fraction of sp³-hybridized carbons (Fsp3) is 0.600. The Bertz CT molecular complexity index is 419. The quantitative estimate of drug-likeness (QED) is 0.648. The molecule has 0 saturated heterocycles. The van der Waals surface area contributed by atoms with E-state index in [0.29, 0.717) is 31.3 Å². The van der Waals surface area contributed by atoms with Gasteiger partial charge in [-0.25, -0.2) is 0 Å². The maximum absolute atomic E-state index is 9.25. The van der Waals surface area contributed by atoms with Crippen LogP contribution in [0.3, 0.4) is 0 Å². The van der Waals surface area contributed by atoms with E-state index < -0.39 is 6.29 Å². The molecule has 5 nitrogen and oxygen atoms in total. The zero-order valence-corrected chi connectivity index (χ0v) is 14.3. The van der Waals surface area contributed by atoms with Gasteiger partial charge in [0.2, 0.25) is 0 Å². The van der Waals surface area contributed by atoms with E-state index in [9.17, 15) is 5.11 Å². The first-order chi connectivity index (χ1) is 10.2. The molecule has 120 valence electrons. The van der Waals surface area contributed by atoms with Gasteiger partial charge in [0.05, 0.1) is 17.7 Å². The van der Waals surface area contributed by atoms with E-state index in [1.54, 1.807) is 12.1 Å². The van der Waals surface area contributed by atoms with Crippen LogP contribution >= 0.6 is 15.9 Å². The number of benzene rings is 1. The van der Waals surface area contributed by atoms with Gasteiger partial charge in [0.25, 0.3) is 0 Å². The number of hydrogen-bond donors (Lipinski definition) is 1. The third-order valence-corrected chi connectivity index (χ3v) is 3.21. The average molecular weight is 363 g/mol.